The number of nitrogens with zero attached hydrogens (tertiary/aromatic N) is 3. The van der Waals surface area contributed by atoms with Gasteiger partial charge in [-0.3, -0.25) is 4.90 Å². The third-order valence-electron chi connectivity index (χ3n) is 3.39. The fourth-order valence-electron chi connectivity index (χ4n) is 2.19. The van der Waals surface area contributed by atoms with E-state index < -0.39 is 0 Å². The van der Waals surface area contributed by atoms with Crippen molar-refractivity contribution in [2.24, 2.45) is 0 Å². The molecule has 1 aromatic rings. The highest BCUT2D eigenvalue weighted by Crippen LogP contribution is 2.22. The molecule has 4 heteroatoms. The molecule has 0 radical (unpaired) electrons. The second-order valence-electron chi connectivity index (χ2n) is 6.07. The molecular formula is C13H23N3O. The Labute approximate surface area is 103 Å². The van der Waals surface area contributed by atoms with E-state index in [1.807, 2.05) is 0 Å². The Morgan fingerprint density at radius 3 is 2.65 bits per heavy atom. The van der Waals surface area contributed by atoms with E-state index in [0.717, 1.165) is 24.9 Å². The first-order valence-corrected chi connectivity index (χ1v) is 6.54. The number of rotatable bonds is 2. The minimum atomic E-state index is -0.0568. The van der Waals surface area contributed by atoms with Gasteiger partial charge in [-0.15, -0.1) is 10.2 Å². The highest BCUT2D eigenvalue weighted by Gasteiger charge is 2.24. The van der Waals surface area contributed by atoms with E-state index in [4.69, 9.17) is 4.42 Å². The van der Waals surface area contributed by atoms with Gasteiger partial charge in [-0.25, -0.2) is 0 Å². The molecule has 2 rings (SSSR count). The number of hydrogen-bond donors (Lipinski definition) is 0. The van der Waals surface area contributed by atoms with Crippen LogP contribution in [-0.4, -0.2) is 27.7 Å². The molecule has 0 N–H and O–H groups in total. The van der Waals surface area contributed by atoms with Crippen molar-refractivity contribution in [2.45, 2.75) is 65.0 Å². The third-order valence-corrected chi connectivity index (χ3v) is 3.39. The monoisotopic (exact) mass is 237 g/mol. The molecule has 2 heterocycles. The molecule has 1 atom stereocenters. The zero-order valence-electron chi connectivity index (χ0n) is 11.4. The van der Waals surface area contributed by atoms with Crippen LogP contribution >= 0.6 is 0 Å². The van der Waals surface area contributed by atoms with Crippen molar-refractivity contribution in [3.8, 4) is 0 Å². The van der Waals surface area contributed by atoms with Crippen LogP contribution in [0.5, 0.6) is 0 Å². The van der Waals surface area contributed by atoms with Gasteiger partial charge in [0, 0.05) is 11.5 Å². The maximum Gasteiger partial charge on any atom is 0.230 e. The largest absolute Gasteiger partial charge is 0.423 e. The van der Waals surface area contributed by atoms with Crippen molar-refractivity contribution in [1.82, 2.24) is 15.1 Å². The van der Waals surface area contributed by atoms with Crippen molar-refractivity contribution in [1.29, 1.82) is 0 Å². The summed E-state index contributed by atoms with van der Waals surface area (Å²) >= 11 is 0. The Morgan fingerprint density at radius 1 is 1.29 bits per heavy atom. The van der Waals surface area contributed by atoms with Crippen LogP contribution in [0, 0.1) is 0 Å². The van der Waals surface area contributed by atoms with E-state index in [-0.39, 0.29) is 5.41 Å². The maximum absolute atomic E-state index is 5.74. The molecule has 0 aromatic carbocycles. The van der Waals surface area contributed by atoms with Gasteiger partial charge in [0.1, 0.15) is 0 Å². The van der Waals surface area contributed by atoms with Crippen LogP contribution in [0.4, 0.5) is 0 Å². The van der Waals surface area contributed by atoms with Gasteiger partial charge in [-0.05, 0) is 26.3 Å². The molecule has 0 saturated carbocycles. The zero-order chi connectivity index (χ0) is 12.5. The second-order valence-corrected chi connectivity index (χ2v) is 6.07. The zero-order valence-corrected chi connectivity index (χ0v) is 11.4. The highest BCUT2D eigenvalue weighted by atomic mass is 16.4. The molecule has 1 saturated heterocycles. The van der Waals surface area contributed by atoms with Crippen molar-refractivity contribution in [2.75, 3.05) is 6.54 Å². The summed E-state index contributed by atoms with van der Waals surface area (Å²) in [7, 11) is 0. The average Bonchev–Trinajstić information content (AvgIpc) is 2.69. The Balaban J connectivity index is 2.01. The minimum Gasteiger partial charge on any atom is -0.423 e. The van der Waals surface area contributed by atoms with Crippen LogP contribution in [0.1, 0.15) is 58.7 Å². The van der Waals surface area contributed by atoms with Crippen LogP contribution in [0.25, 0.3) is 0 Å². The summed E-state index contributed by atoms with van der Waals surface area (Å²) in [5.41, 5.74) is -0.0568. The summed E-state index contributed by atoms with van der Waals surface area (Å²) in [4.78, 5) is 2.43. The lowest BCUT2D eigenvalue weighted by atomic mass is 9.97. The molecule has 0 spiro atoms. The molecule has 0 bridgehead atoms. The van der Waals surface area contributed by atoms with Crippen LogP contribution in [0.3, 0.4) is 0 Å². The summed E-state index contributed by atoms with van der Waals surface area (Å²) in [6, 6.07) is 0.633. The van der Waals surface area contributed by atoms with Gasteiger partial charge in [0.15, 0.2) is 0 Å². The van der Waals surface area contributed by atoms with Gasteiger partial charge in [-0.1, -0.05) is 27.2 Å². The van der Waals surface area contributed by atoms with E-state index in [2.05, 4.69) is 42.8 Å². The van der Waals surface area contributed by atoms with Gasteiger partial charge >= 0.3 is 0 Å². The Hall–Kier alpha value is -0.900. The normalized spacial score (nSPS) is 22.9. The molecule has 0 unspecified atom stereocenters. The molecule has 1 aromatic heterocycles. The van der Waals surface area contributed by atoms with Crippen molar-refractivity contribution in [3.05, 3.63) is 11.8 Å². The molecule has 1 aliphatic heterocycles. The number of piperidine rings is 1. The van der Waals surface area contributed by atoms with Gasteiger partial charge < -0.3 is 4.42 Å². The van der Waals surface area contributed by atoms with Crippen LogP contribution in [0.15, 0.2) is 4.42 Å². The molecule has 0 amide bonds. The Bertz CT molecular complexity index is 367. The summed E-state index contributed by atoms with van der Waals surface area (Å²) in [5, 5.41) is 8.29. The smallest absolute Gasteiger partial charge is 0.230 e. The summed E-state index contributed by atoms with van der Waals surface area (Å²) in [5.74, 6) is 1.49. The SMILES string of the molecule is C[C@@H]1CCCCN1Cc1nnc(C(C)(C)C)o1. The van der Waals surface area contributed by atoms with Gasteiger partial charge in [0.05, 0.1) is 6.54 Å². The summed E-state index contributed by atoms with van der Waals surface area (Å²) < 4.78 is 5.74. The third kappa shape index (κ3) is 3.06. The average molecular weight is 237 g/mol. The van der Waals surface area contributed by atoms with Crippen molar-refractivity contribution < 1.29 is 4.42 Å². The quantitative estimate of drug-likeness (QED) is 0.793. The fourth-order valence-corrected chi connectivity index (χ4v) is 2.19. The number of aromatic nitrogens is 2. The van der Waals surface area contributed by atoms with Gasteiger partial charge in [-0.2, -0.15) is 0 Å². The lowest BCUT2D eigenvalue weighted by Crippen LogP contribution is -2.36. The summed E-state index contributed by atoms with van der Waals surface area (Å²) in [6.45, 7) is 10.5. The van der Waals surface area contributed by atoms with Gasteiger partial charge in [0.2, 0.25) is 11.8 Å². The van der Waals surface area contributed by atoms with E-state index in [1.54, 1.807) is 0 Å². The van der Waals surface area contributed by atoms with Crippen LogP contribution in [0.2, 0.25) is 0 Å². The molecular weight excluding hydrogens is 214 g/mol. The predicted molar refractivity (Wildman–Crippen MR) is 66.7 cm³/mol. The van der Waals surface area contributed by atoms with E-state index in [0.29, 0.717) is 6.04 Å². The molecule has 17 heavy (non-hydrogen) atoms. The van der Waals surface area contributed by atoms with E-state index in [9.17, 15) is 0 Å². The van der Waals surface area contributed by atoms with Crippen LogP contribution in [-0.2, 0) is 12.0 Å². The Kier molecular flexibility index (Phi) is 3.52. The van der Waals surface area contributed by atoms with Crippen molar-refractivity contribution in [3.63, 3.8) is 0 Å². The summed E-state index contributed by atoms with van der Waals surface area (Å²) in [6.07, 6.45) is 3.90. The van der Waals surface area contributed by atoms with Crippen LogP contribution < -0.4 is 0 Å². The fraction of sp³-hybridized carbons (Fsp3) is 0.846. The molecule has 96 valence electrons. The Morgan fingerprint density at radius 2 is 2.06 bits per heavy atom. The molecule has 1 fully saturated rings. The lowest BCUT2D eigenvalue weighted by Gasteiger charge is -2.31. The van der Waals surface area contributed by atoms with Crippen molar-refractivity contribution >= 4 is 0 Å². The van der Waals surface area contributed by atoms with Gasteiger partial charge in [0.25, 0.3) is 0 Å². The first kappa shape index (κ1) is 12.6. The predicted octanol–water partition coefficient (Wildman–Crippen LogP) is 2.74. The maximum atomic E-state index is 5.74. The molecule has 0 aliphatic carbocycles. The standard InChI is InChI=1S/C13H23N3O/c1-10-7-5-6-8-16(10)9-11-14-15-12(17-11)13(2,3)4/h10H,5-9H2,1-4H3/t10-/m1/s1. The highest BCUT2D eigenvalue weighted by molar-refractivity contribution is 4.96. The topological polar surface area (TPSA) is 42.2 Å². The van der Waals surface area contributed by atoms with E-state index >= 15 is 0 Å². The molecule has 4 nitrogen and oxygen atoms in total. The minimum absolute atomic E-state index is 0.0568. The second kappa shape index (κ2) is 4.77. The van der Waals surface area contributed by atoms with E-state index in [1.165, 1.54) is 19.3 Å². The first-order valence-electron chi connectivity index (χ1n) is 6.54. The first-order chi connectivity index (χ1) is 7.97. The number of likely N-dealkylation sites (tertiary alicyclic amines) is 1. The molecule has 1 aliphatic rings. The number of hydrogen-bond acceptors (Lipinski definition) is 4. The lowest BCUT2D eigenvalue weighted by molar-refractivity contribution is 0.137.